The molecule has 0 bridgehead atoms. The number of halogens is 10. The lowest BCUT2D eigenvalue weighted by molar-refractivity contribution is -0.150. The Morgan fingerprint density at radius 3 is 2.21 bits per heavy atom. The molecule has 42 heavy (non-hydrogen) atoms. The van der Waals surface area contributed by atoms with E-state index >= 15 is 0 Å². The number of carbonyl (C=O) groups excluding carboxylic acids is 3. The highest BCUT2D eigenvalue weighted by atomic mass is 79.9. The number of anilines is 3. The Hall–Kier alpha value is -3.00. The molecule has 0 saturated heterocycles. The van der Waals surface area contributed by atoms with Gasteiger partial charge in [-0.3, -0.25) is 14.4 Å². The van der Waals surface area contributed by atoms with Crippen LogP contribution in [-0.4, -0.2) is 28.2 Å². The fraction of sp³-hybridized carbons (Fsp3) is 0.192. The summed E-state index contributed by atoms with van der Waals surface area (Å²) in [5, 5.41) is 6.00. The average molecular weight is 718 g/mol. The summed E-state index contributed by atoms with van der Waals surface area (Å²) < 4.78 is 78.5. The van der Waals surface area contributed by atoms with Crippen molar-refractivity contribution in [1.82, 2.24) is 0 Å². The number of rotatable bonds is 7. The highest BCUT2D eigenvalue weighted by Gasteiger charge is 2.67. The molecule has 1 saturated carbocycles. The molecule has 0 radical (unpaired) electrons. The van der Waals surface area contributed by atoms with Gasteiger partial charge in [0.05, 0.1) is 26.7 Å². The second-order valence-corrected chi connectivity index (χ2v) is 11.8. The van der Waals surface area contributed by atoms with Crippen molar-refractivity contribution in [3.8, 4) is 0 Å². The second kappa shape index (κ2) is 11.9. The molecule has 222 valence electrons. The van der Waals surface area contributed by atoms with Crippen LogP contribution >= 0.6 is 50.7 Å². The smallest absolute Gasteiger partial charge is 0.326 e. The monoisotopic (exact) mass is 715 g/mol. The van der Waals surface area contributed by atoms with Gasteiger partial charge in [-0.1, -0.05) is 17.7 Å². The highest BCUT2D eigenvalue weighted by molar-refractivity contribution is 9.10. The van der Waals surface area contributed by atoms with Crippen LogP contribution < -0.4 is 16.0 Å². The maximum Gasteiger partial charge on any atom is 0.397 e. The van der Waals surface area contributed by atoms with Crippen LogP contribution in [0.25, 0.3) is 0 Å². The molecule has 0 aromatic heterocycles. The fourth-order valence-corrected chi connectivity index (χ4v) is 5.52. The van der Waals surface area contributed by atoms with Crippen LogP contribution in [-0.2, 0) is 9.59 Å². The van der Waals surface area contributed by atoms with Crippen molar-refractivity contribution in [1.29, 1.82) is 0 Å². The van der Waals surface area contributed by atoms with Gasteiger partial charge in [-0.25, -0.2) is 13.2 Å². The predicted octanol–water partition coefficient (Wildman–Crippen LogP) is 8.19. The van der Waals surface area contributed by atoms with Gasteiger partial charge in [0.2, 0.25) is 11.8 Å². The molecule has 2 atom stereocenters. The molecule has 3 aromatic carbocycles. The van der Waals surface area contributed by atoms with Gasteiger partial charge in [0.1, 0.15) is 28.1 Å². The van der Waals surface area contributed by atoms with Crippen LogP contribution in [0.5, 0.6) is 0 Å². The van der Waals surface area contributed by atoms with Crippen molar-refractivity contribution in [2.24, 2.45) is 5.92 Å². The van der Waals surface area contributed by atoms with Gasteiger partial charge in [-0.2, -0.15) is 13.2 Å². The van der Waals surface area contributed by atoms with Crippen LogP contribution in [0.1, 0.15) is 28.3 Å². The molecular weight excluding hydrogens is 703 g/mol. The molecule has 0 spiro atoms. The standard InChI is InChI=1S/C26H15BrCl3F6N3O3/c27-13-7-10(1-4-15(13)31)19-20(26(19,29)30)24(42)37-11-2-3-14(28)12(8-11)23(41)38-17-6-5-16(32)22(21(17)33)39-18(40)9-25(34,35)36/h1-8,19-20H,9H2,(H,37,42)(H,38,41)(H,39,40)/t19-,20+/m0/s1. The van der Waals surface area contributed by atoms with E-state index in [2.05, 4.69) is 26.6 Å². The lowest BCUT2D eigenvalue weighted by atomic mass is 10.1. The molecule has 1 fully saturated rings. The van der Waals surface area contributed by atoms with Gasteiger partial charge in [0.15, 0.2) is 5.82 Å². The molecule has 0 unspecified atom stereocenters. The van der Waals surface area contributed by atoms with Crippen molar-refractivity contribution in [3.05, 3.63) is 86.6 Å². The summed E-state index contributed by atoms with van der Waals surface area (Å²) in [6, 6.07) is 9.19. The molecule has 6 nitrogen and oxygen atoms in total. The van der Waals surface area contributed by atoms with Gasteiger partial charge in [0, 0.05) is 11.6 Å². The quantitative estimate of drug-likeness (QED) is 0.170. The van der Waals surface area contributed by atoms with E-state index in [4.69, 9.17) is 34.8 Å². The van der Waals surface area contributed by atoms with Gasteiger partial charge in [-0.15, -0.1) is 23.2 Å². The van der Waals surface area contributed by atoms with Crippen LogP contribution in [0, 0.1) is 23.4 Å². The lowest BCUT2D eigenvalue weighted by Crippen LogP contribution is -2.23. The summed E-state index contributed by atoms with van der Waals surface area (Å²) in [7, 11) is 0. The summed E-state index contributed by atoms with van der Waals surface area (Å²) in [5.41, 5.74) is -1.61. The van der Waals surface area contributed by atoms with Crippen molar-refractivity contribution < 1.29 is 40.7 Å². The van der Waals surface area contributed by atoms with E-state index in [1.807, 2.05) is 0 Å². The third-order valence-corrected chi connectivity index (χ3v) is 7.96. The SMILES string of the molecule is O=C(CC(F)(F)F)Nc1c(F)ccc(NC(=O)c2cc(NC(=O)[C@H]3[C@H](c4ccc(F)c(Br)c4)C3(Cl)Cl)ccc2Cl)c1F. The number of hydrogen-bond acceptors (Lipinski definition) is 3. The molecule has 3 amide bonds. The third-order valence-electron chi connectivity index (χ3n) is 6.08. The molecule has 3 aromatic rings. The molecule has 1 aliphatic carbocycles. The average Bonchev–Trinajstić information content (AvgIpc) is 3.47. The van der Waals surface area contributed by atoms with E-state index in [0.29, 0.717) is 11.6 Å². The normalized spacial score (nSPS) is 17.4. The van der Waals surface area contributed by atoms with Crippen LogP contribution in [0.15, 0.2) is 53.0 Å². The zero-order valence-corrected chi connectivity index (χ0v) is 24.3. The summed E-state index contributed by atoms with van der Waals surface area (Å²) in [4.78, 5) is 37.4. The minimum Gasteiger partial charge on any atom is -0.326 e. The van der Waals surface area contributed by atoms with E-state index in [-0.39, 0.29) is 20.7 Å². The topological polar surface area (TPSA) is 87.3 Å². The Labute approximate surface area is 256 Å². The molecule has 0 aliphatic heterocycles. The zero-order chi connectivity index (χ0) is 31.1. The number of hydrogen-bond donors (Lipinski definition) is 3. The van der Waals surface area contributed by atoms with E-state index in [0.717, 1.165) is 12.1 Å². The molecular formula is C26H15BrCl3F6N3O3. The van der Waals surface area contributed by atoms with E-state index in [1.165, 1.54) is 35.6 Å². The second-order valence-electron chi connectivity index (χ2n) is 9.07. The van der Waals surface area contributed by atoms with Crippen LogP contribution in [0.3, 0.4) is 0 Å². The summed E-state index contributed by atoms with van der Waals surface area (Å²) in [6.07, 6.45) is -6.91. The maximum atomic E-state index is 14.9. The predicted molar refractivity (Wildman–Crippen MR) is 148 cm³/mol. The van der Waals surface area contributed by atoms with Crippen molar-refractivity contribution in [2.75, 3.05) is 16.0 Å². The highest BCUT2D eigenvalue weighted by Crippen LogP contribution is 2.65. The Balaban J connectivity index is 1.50. The zero-order valence-electron chi connectivity index (χ0n) is 20.5. The minimum atomic E-state index is -4.92. The van der Waals surface area contributed by atoms with Crippen molar-refractivity contribution >= 4 is 85.5 Å². The van der Waals surface area contributed by atoms with Crippen molar-refractivity contribution in [3.63, 3.8) is 0 Å². The van der Waals surface area contributed by atoms with Gasteiger partial charge < -0.3 is 16.0 Å². The fourth-order valence-electron chi connectivity index (χ4n) is 4.09. The number of carbonyl (C=O) groups is 3. The minimum absolute atomic E-state index is 0.0595. The van der Waals surface area contributed by atoms with Gasteiger partial charge in [0.25, 0.3) is 5.91 Å². The summed E-state index contributed by atoms with van der Waals surface area (Å²) >= 11 is 21.8. The molecule has 16 heteroatoms. The van der Waals surface area contributed by atoms with Gasteiger partial charge >= 0.3 is 6.18 Å². The van der Waals surface area contributed by atoms with Crippen LogP contribution in [0.4, 0.5) is 43.4 Å². The first-order valence-corrected chi connectivity index (χ1v) is 13.5. The first kappa shape index (κ1) is 31.9. The number of nitrogens with one attached hydrogen (secondary N) is 3. The molecule has 3 N–H and O–H groups in total. The van der Waals surface area contributed by atoms with Crippen molar-refractivity contribution in [2.45, 2.75) is 22.8 Å². The Morgan fingerprint density at radius 2 is 1.57 bits per heavy atom. The van der Waals surface area contributed by atoms with Gasteiger partial charge in [-0.05, 0) is 64.0 Å². The third kappa shape index (κ3) is 6.96. The number of alkyl halides is 5. The largest absolute Gasteiger partial charge is 0.397 e. The van der Waals surface area contributed by atoms with E-state index in [9.17, 15) is 40.7 Å². The molecule has 0 heterocycles. The lowest BCUT2D eigenvalue weighted by Gasteiger charge is -2.14. The molecule has 4 rings (SSSR count). The molecule has 1 aliphatic rings. The first-order chi connectivity index (χ1) is 19.5. The number of benzene rings is 3. The first-order valence-electron chi connectivity index (χ1n) is 11.6. The van der Waals surface area contributed by atoms with E-state index < -0.39 is 75.3 Å². The maximum absolute atomic E-state index is 14.9. The van der Waals surface area contributed by atoms with E-state index in [1.54, 1.807) is 0 Å². The van der Waals surface area contributed by atoms with Crippen LogP contribution in [0.2, 0.25) is 5.02 Å². The summed E-state index contributed by atoms with van der Waals surface area (Å²) in [5.74, 6) is -8.49. The Kier molecular flexibility index (Phi) is 9.08. The number of amides is 3. The Morgan fingerprint density at radius 1 is 0.905 bits per heavy atom. The Bertz CT molecular complexity index is 1610. The summed E-state index contributed by atoms with van der Waals surface area (Å²) in [6.45, 7) is 0.